The number of unbranched alkanes of at least 4 members (excludes halogenated alkanes) is 41. The zero-order chi connectivity index (χ0) is 56.1. The monoisotopic (exact) mass is 1090 g/mol. The molecule has 454 valence electrons. The molecule has 0 saturated carbocycles. The smallest absolute Gasteiger partial charge is 0.306 e. The summed E-state index contributed by atoms with van der Waals surface area (Å²) < 4.78 is 17.6. The topological polar surface area (TPSA) is 175 Å². The van der Waals surface area contributed by atoms with Crippen molar-refractivity contribution in [3.63, 3.8) is 0 Å². The van der Waals surface area contributed by atoms with Gasteiger partial charge in [-0.1, -0.05) is 289 Å². The Morgan fingerprint density at radius 1 is 0.494 bits per heavy atom. The third-order valence-electron chi connectivity index (χ3n) is 15.9. The Kier molecular flexibility index (Phi) is 52.0. The number of aliphatic hydroxyl groups excluding tert-OH is 5. The van der Waals surface area contributed by atoms with Crippen LogP contribution >= 0.6 is 0 Å². The third-order valence-corrected chi connectivity index (χ3v) is 15.9. The number of hydrogen-bond acceptors (Lipinski definition) is 10. The Bertz CT molecular complexity index is 1350. The second-order valence-corrected chi connectivity index (χ2v) is 23.2. The molecule has 11 nitrogen and oxygen atoms in total. The number of aliphatic hydroxyl groups is 5. The van der Waals surface area contributed by atoms with Crippen molar-refractivity contribution in [2.45, 2.75) is 372 Å². The highest BCUT2D eigenvalue weighted by atomic mass is 16.7. The highest BCUT2D eigenvalue weighted by Crippen LogP contribution is 2.26. The van der Waals surface area contributed by atoms with E-state index in [2.05, 4.69) is 38.2 Å². The van der Waals surface area contributed by atoms with Gasteiger partial charge in [-0.25, -0.2) is 0 Å². The Labute approximate surface area is 473 Å². The van der Waals surface area contributed by atoms with Crippen molar-refractivity contribution in [2.24, 2.45) is 0 Å². The second kappa shape index (κ2) is 54.7. The molecular formula is C66H125NO10. The average molecular weight is 1090 g/mol. The number of amides is 1. The first kappa shape index (κ1) is 73.2. The van der Waals surface area contributed by atoms with E-state index in [1.807, 2.05) is 6.08 Å². The van der Waals surface area contributed by atoms with Crippen LogP contribution in [0.3, 0.4) is 0 Å². The third kappa shape index (κ3) is 42.6. The van der Waals surface area contributed by atoms with Crippen LogP contribution in [0.1, 0.15) is 323 Å². The molecule has 11 heteroatoms. The lowest BCUT2D eigenvalue weighted by atomic mass is 9.99. The number of ether oxygens (including phenoxy) is 3. The maximum atomic E-state index is 13.4. The van der Waals surface area contributed by atoms with E-state index in [-0.39, 0.29) is 13.0 Å². The fourth-order valence-corrected chi connectivity index (χ4v) is 10.6. The van der Waals surface area contributed by atoms with Gasteiger partial charge in [0.15, 0.2) is 12.4 Å². The first-order chi connectivity index (χ1) is 37.7. The second-order valence-electron chi connectivity index (χ2n) is 23.2. The minimum atomic E-state index is -1.61. The van der Waals surface area contributed by atoms with Crippen molar-refractivity contribution in [3.05, 3.63) is 24.3 Å². The van der Waals surface area contributed by atoms with Gasteiger partial charge in [-0.2, -0.15) is 0 Å². The maximum Gasteiger partial charge on any atom is 0.306 e. The molecule has 1 amide bonds. The Hall–Kier alpha value is -1.86. The van der Waals surface area contributed by atoms with Gasteiger partial charge in [0.1, 0.15) is 24.4 Å². The summed E-state index contributed by atoms with van der Waals surface area (Å²) in [6, 6.07) is -1.02. The molecule has 8 atom stereocenters. The fraction of sp³-hybridized carbons (Fsp3) is 0.909. The standard InChI is InChI=1S/C66H125NO10/c1-4-7-10-13-16-19-22-24-26-27-28-29-30-31-32-34-35-38-41-44-47-50-53-59(70)65(74)67-57(58(69)52-49-46-43-40-37-21-18-15-12-9-6-3)56-75-66-64(63(73)62(72)60(55-68)76-66)77-61(71)54-51-48-45-42-39-36-33-25-23-20-17-14-11-8-5-2/h24,26,49,52,57-60,62-64,66,68-70,72-73H,4-23,25,27-48,50-51,53-56H2,1-3H3,(H,67,74)/b26-24+,52-49+. The van der Waals surface area contributed by atoms with Crippen LogP contribution in [0.25, 0.3) is 0 Å². The summed E-state index contributed by atoms with van der Waals surface area (Å²) in [5.74, 6) is -1.18. The molecule has 0 spiro atoms. The van der Waals surface area contributed by atoms with Gasteiger partial charge in [0.05, 0.1) is 25.4 Å². The largest absolute Gasteiger partial charge is 0.454 e. The van der Waals surface area contributed by atoms with Crippen molar-refractivity contribution < 1.29 is 49.3 Å². The highest BCUT2D eigenvalue weighted by molar-refractivity contribution is 5.80. The Balaban J connectivity index is 2.59. The van der Waals surface area contributed by atoms with Crippen LogP contribution in [0.5, 0.6) is 0 Å². The molecule has 8 unspecified atom stereocenters. The number of hydrogen-bond donors (Lipinski definition) is 6. The Morgan fingerprint density at radius 2 is 0.857 bits per heavy atom. The van der Waals surface area contributed by atoms with E-state index in [0.29, 0.717) is 19.3 Å². The minimum Gasteiger partial charge on any atom is -0.454 e. The average Bonchev–Trinajstić information content (AvgIpc) is 3.43. The molecule has 0 aromatic heterocycles. The summed E-state index contributed by atoms with van der Waals surface area (Å²) in [6.07, 6.45) is 53.7. The van der Waals surface area contributed by atoms with Gasteiger partial charge in [0.25, 0.3) is 0 Å². The zero-order valence-electron chi connectivity index (χ0n) is 50.4. The summed E-state index contributed by atoms with van der Waals surface area (Å²) in [5, 5.41) is 57.0. The van der Waals surface area contributed by atoms with Gasteiger partial charge < -0.3 is 45.1 Å². The van der Waals surface area contributed by atoms with Crippen LogP contribution in [0, 0.1) is 0 Å². The molecule has 0 radical (unpaired) electrons. The van der Waals surface area contributed by atoms with Gasteiger partial charge in [0, 0.05) is 6.42 Å². The lowest BCUT2D eigenvalue weighted by Crippen LogP contribution is -2.61. The van der Waals surface area contributed by atoms with Crippen LogP contribution in [-0.4, -0.2) is 99.6 Å². The van der Waals surface area contributed by atoms with Gasteiger partial charge in [-0.15, -0.1) is 0 Å². The SMILES string of the molecule is CCCCCCCC/C=C/CCCCCCCCCCCCCCC(O)C(=O)NC(COC1OC(CO)C(O)C(O)C1OC(=O)CCCCCCCCCCCCCCCCC)C(O)/C=C/CCCCCCCCCCC. The van der Waals surface area contributed by atoms with E-state index in [0.717, 1.165) is 57.8 Å². The lowest BCUT2D eigenvalue weighted by Gasteiger charge is -2.41. The molecule has 1 saturated heterocycles. The highest BCUT2D eigenvalue weighted by Gasteiger charge is 2.47. The first-order valence-corrected chi connectivity index (χ1v) is 33.1. The number of rotatable bonds is 57. The normalized spacial score (nSPS) is 19.1. The molecule has 1 rings (SSSR count). The lowest BCUT2D eigenvalue weighted by molar-refractivity contribution is -0.305. The number of allylic oxidation sites excluding steroid dienone is 3. The molecule has 1 heterocycles. The van der Waals surface area contributed by atoms with Gasteiger partial charge >= 0.3 is 5.97 Å². The first-order valence-electron chi connectivity index (χ1n) is 33.1. The van der Waals surface area contributed by atoms with Crippen LogP contribution in [-0.2, 0) is 23.8 Å². The van der Waals surface area contributed by atoms with E-state index < -0.39 is 67.4 Å². The number of esters is 1. The van der Waals surface area contributed by atoms with Crippen molar-refractivity contribution in [2.75, 3.05) is 13.2 Å². The van der Waals surface area contributed by atoms with E-state index >= 15 is 0 Å². The predicted octanol–water partition coefficient (Wildman–Crippen LogP) is 16.1. The maximum absolute atomic E-state index is 13.4. The number of carbonyl (C=O) groups is 2. The van der Waals surface area contributed by atoms with Crippen LogP contribution < -0.4 is 5.32 Å². The molecule has 0 bridgehead atoms. The van der Waals surface area contributed by atoms with Crippen molar-refractivity contribution in [1.82, 2.24) is 5.32 Å². The molecule has 1 fully saturated rings. The molecule has 1 aliphatic rings. The van der Waals surface area contributed by atoms with E-state index in [1.165, 1.54) is 218 Å². The summed E-state index contributed by atoms with van der Waals surface area (Å²) in [5.41, 5.74) is 0. The van der Waals surface area contributed by atoms with Crippen molar-refractivity contribution in [3.8, 4) is 0 Å². The van der Waals surface area contributed by atoms with Gasteiger partial charge in [-0.05, 0) is 51.4 Å². The molecule has 0 aromatic carbocycles. The van der Waals surface area contributed by atoms with Crippen LogP contribution in [0.2, 0.25) is 0 Å². The van der Waals surface area contributed by atoms with Crippen molar-refractivity contribution in [1.29, 1.82) is 0 Å². The minimum absolute atomic E-state index is 0.130. The quantitative estimate of drug-likeness (QED) is 0.0195. The Morgan fingerprint density at radius 3 is 1.26 bits per heavy atom. The molecule has 0 aromatic rings. The molecule has 77 heavy (non-hydrogen) atoms. The van der Waals surface area contributed by atoms with E-state index in [4.69, 9.17) is 14.2 Å². The van der Waals surface area contributed by atoms with Crippen LogP contribution in [0.15, 0.2) is 24.3 Å². The summed E-state index contributed by atoms with van der Waals surface area (Å²) in [6.45, 7) is 5.82. The van der Waals surface area contributed by atoms with E-state index in [1.54, 1.807) is 6.08 Å². The summed E-state index contributed by atoms with van der Waals surface area (Å²) in [7, 11) is 0. The molecule has 1 aliphatic heterocycles. The van der Waals surface area contributed by atoms with Crippen LogP contribution in [0.4, 0.5) is 0 Å². The zero-order valence-corrected chi connectivity index (χ0v) is 50.4. The fourth-order valence-electron chi connectivity index (χ4n) is 10.6. The van der Waals surface area contributed by atoms with Crippen molar-refractivity contribution >= 4 is 11.9 Å². The summed E-state index contributed by atoms with van der Waals surface area (Å²) in [4.78, 5) is 26.6. The molecular weight excluding hydrogens is 967 g/mol. The molecule has 6 N–H and O–H groups in total. The van der Waals surface area contributed by atoms with E-state index in [9.17, 15) is 35.1 Å². The van der Waals surface area contributed by atoms with Gasteiger partial charge in [0.2, 0.25) is 5.91 Å². The number of carbonyl (C=O) groups excluding carboxylic acids is 2. The van der Waals surface area contributed by atoms with Gasteiger partial charge in [-0.3, -0.25) is 9.59 Å². The summed E-state index contributed by atoms with van der Waals surface area (Å²) >= 11 is 0. The number of nitrogens with one attached hydrogen (secondary N) is 1. The molecule has 0 aliphatic carbocycles. The predicted molar refractivity (Wildman–Crippen MR) is 320 cm³/mol.